The van der Waals surface area contributed by atoms with Crippen LogP contribution in [0.3, 0.4) is 0 Å². The molecule has 0 fully saturated rings. The maximum atomic E-state index is 11.8. The van der Waals surface area contributed by atoms with Crippen molar-refractivity contribution in [2.75, 3.05) is 19.8 Å². The van der Waals surface area contributed by atoms with Gasteiger partial charge in [0.1, 0.15) is 6.10 Å². The Bertz CT molecular complexity index is 599. The molecular formula is C15H18N2O4S2. The molecule has 1 unspecified atom stereocenters. The quantitative estimate of drug-likeness (QED) is 0.624. The molecule has 0 saturated carbocycles. The number of rotatable bonds is 8. The van der Waals surface area contributed by atoms with Crippen LogP contribution in [0.15, 0.2) is 34.3 Å². The van der Waals surface area contributed by atoms with Crippen molar-refractivity contribution >= 4 is 34.5 Å². The average Bonchev–Trinajstić information content (AvgIpc) is 3.25. The van der Waals surface area contributed by atoms with Gasteiger partial charge in [-0.3, -0.25) is 9.59 Å². The smallest absolute Gasteiger partial charge is 0.309 e. The molecule has 0 spiro atoms. The number of aliphatic hydroxyl groups is 1. The minimum Gasteiger partial charge on any atom is -0.394 e. The lowest BCUT2D eigenvalue weighted by atomic mass is 10.2. The summed E-state index contributed by atoms with van der Waals surface area (Å²) in [6, 6.07) is 5.66. The molecule has 8 heteroatoms. The summed E-state index contributed by atoms with van der Waals surface area (Å²) in [6.07, 6.45) is -0.387. The molecular weight excluding hydrogens is 336 g/mol. The first-order valence-electron chi connectivity index (χ1n) is 7.03. The van der Waals surface area contributed by atoms with Crippen LogP contribution in [-0.2, 0) is 20.9 Å². The fourth-order valence-corrected chi connectivity index (χ4v) is 3.20. The highest BCUT2D eigenvalue weighted by molar-refractivity contribution is 7.09. The molecule has 2 aromatic rings. The number of carbonyl (C=O) groups is 2. The number of ether oxygens (including phenoxy) is 1. The van der Waals surface area contributed by atoms with Crippen LogP contribution in [0.1, 0.15) is 16.5 Å². The van der Waals surface area contributed by atoms with Gasteiger partial charge in [0.05, 0.1) is 19.8 Å². The van der Waals surface area contributed by atoms with Crippen molar-refractivity contribution < 1.29 is 19.4 Å². The number of aliphatic hydroxyl groups excluding tert-OH is 1. The molecule has 0 saturated heterocycles. The molecule has 0 radical (unpaired) electrons. The summed E-state index contributed by atoms with van der Waals surface area (Å²) < 4.78 is 5.50. The molecule has 2 amide bonds. The second kappa shape index (κ2) is 9.41. The highest BCUT2D eigenvalue weighted by Gasteiger charge is 2.18. The summed E-state index contributed by atoms with van der Waals surface area (Å²) in [5, 5.41) is 19.7. The first-order chi connectivity index (χ1) is 11.2. The van der Waals surface area contributed by atoms with Crippen molar-refractivity contribution in [2.24, 2.45) is 0 Å². The maximum absolute atomic E-state index is 11.8. The highest BCUT2D eigenvalue weighted by atomic mass is 32.1. The van der Waals surface area contributed by atoms with Gasteiger partial charge >= 0.3 is 11.8 Å². The van der Waals surface area contributed by atoms with Crippen LogP contribution >= 0.6 is 22.7 Å². The molecule has 0 aliphatic carbocycles. The van der Waals surface area contributed by atoms with Crippen LogP contribution in [0.5, 0.6) is 0 Å². The van der Waals surface area contributed by atoms with Crippen molar-refractivity contribution in [2.45, 2.75) is 12.6 Å². The van der Waals surface area contributed by atoms with E-state index in [0.717, 1.165) is 10.4 Å². The molecule has 2 aromatic heterocycles. The molecule has 2 rings (SSSR count). The van der Waals surface area contributed by atoms with Gasteiger partial charge in [-0.25, -0.2) is 0 Å². The predicted molar refractivity (Wildman–Crippen MR) is 89.3 cm³/mol. The first-order valence-corrected chi connectivity index (χ1v) is 8.86. The molecule has 0 aromatic carbocycles. The molecule has 1 atom stereocenters. The molecule has 23 heavy (non-hydrogen) atoms. The molecule has 2 heterocycles. The van der Waals surface area contributed by atoms with E-state index in [1.807, 2.05) is 34.3 Å². The van der Waals surface area contributed by atoms with Crippen molar-refractivity contribution in [1.82, 2.24) is 10.6 Å². The Morgan fingerprint density at radius 2 is 2.04 bits per heavy atom. The Labute approximate surface area is 142 Å². The SMILES string of the molecule is O=C(NCc1cccs1)C(=O)NCC(OCCO)c1ccsc1. The molecule has 0 aliphatic rings. The summed E-state index contributed by atoms with van der Waals surface area (Å²) in [5.41, 5.74) is 0.905. The minimum atomic E-state index is -0.700. The molecule has 124 valence electrons. The standard InChI is InChI=1S/C15H18N2O4S2/c18-4-5-21-13(11-3-7-22-10-11)9-17-15(20)14(19)16-8-12-2-1-6-23-12/h1-3,6-7,10,13,18H,4-5,8-9H2,(H,16,19)(H,17,20). The number of carbonyl (C=O) groups excluding carboxylic acids is 2. The molecule has 0 bridgehead atoms. The van der Waals surface area contributed by atoms with Gasteiger partial charge in [-0.1, -0.05) is 6.07 Å². The van der Waals surface area contributed by atoms with E-state index < -0.39 is 11.8 Å². The Morgan fingerprint density at radius 1 is 1.22 bits per heavy atom. The van der Waals surface area contributed by atoms with Crippen LogP contribution in [0, 0.1) is 0 Å². The summed E-state index contributed by atoms with van der Waals surface area (Å²) in [6.45, 7) is 0.567. The lowest BCUT2D eigenvalue weighted by Crippen LogP contribution is -2.41. The van der Waals surface area contributed by atoms with Crippen LogP contribution in [0.25, 0.3) is 0 Å². The largest absolute Gasteiger partial charge is 0.394 e. The van der Waals surface area contributed by atoms with Crippen LogP contribution in [0.4, 0.5) is 0 Å². The number of hydrogen-bond acceptors (Lipinski definition) is 6. The third-order valence-corrected chi connectivity index (χ3v) is 4.56. The van der Waals surface area contributed by atoms with Crippen LogP contribution < -0.4 is 10.6 Å². The predicted octanol–water partition coefficient (Wildman–Crippen LogP) is 1.29. The maximum Gasteiger partial charge on any atom is 0.309 e. The van der Waals surface area contributed by atoms with E-state index in [4.69, 9.17) is 9.84 Å². The lowest BCUT2D eigenvalue weighted by Gasteiger charge is -2.17. The lowest BCUT2D eigenvalue weighted by molar-refractivity contribution is -0.139. The zero-order valence-electron chi connectivity index (χ0n) is 12.4. The first kappa shape index (κ1) is 17.6. The van der Waals surface area contributed by atoms with Gasteiger partial charge < -0.3 is 20.5 Å². The number of hydrogen-bond donors (Lipinski definition) is 3. The highest BCUT2D eigenvalue weighted by Crippen LogP contribution is 2.19. The Balaban J connectivity index is 1.79. The van der Waals surface area contributed by atoms with Gasteiger partial charge in [-0.15, -0.1) is 11.3 Å². The van der Waals surface area contributed by atoms with Crippen molar-refractivity contribution in [3.63, 3.8) is 0 Å². The van der Waals surface area contributed by atoms with E-state index in [-0.39, 0.29) is 25.9 Å². The van der Waals surface area contributed by atoms with Gasteiger partial charge in [-0.2, -0.15) is 11.3 Å². The monoisotopic (exact) mass is 354 g/mol. The zero-order chi connectivity index (χ0) is 16.5. The second-order valence-corrected chi connectivity index (χ2v) is 6.42. The average molecular weight is 354 g/mol. The van der Waals surface area contributed by atoms with Crippen molar-refractivity contribution in [3.05, 3.63) is 44.8 Å². The van der Waals surface area contributed by atoms with E-state index in [0.29, 0.717) is 6.54 Å². The third-order valence-electron chi connectivity index (χ3n) is 2.98. The summed E-state index contributed by atoms with van der Waals surface area (Å²) >= 11 is 3.03. The zero-order valence-corrected chi connectivity index (χ0v) is 14.0. The van der Waals surface area contributed by atoms with E-state index in [9.17, 15) is 9.59 Å². The minimum absolute atomic E-state index is 0.101. The second-order valence-electron chi connectivity index (χ2n) is 4.61. The summed E-state index contributed by atoms with van der Waals surface area (Å²) in [4.78, 5) is 24.6. The Hall–Kier alpha value is -1.74. The summed E-state index contributed by atoms with van der Waals surface area (Å²) in [5.74, 6) is -1.38. The molecule has 0 aliphatic heterocycles. The number of nitrogens with one attached hydrogen (secondary N) is 2. The van der Waals surface area contributed by atoms with Gasteiger partial charge in [0, 0.05) is 11.4 Å². The van der Waals surface area contributed by atoms with E-state index in [1.54, 1.807) is 0 Å². The Morgan fingerprint density at radius 3 is 2.70 bits per heavy atom. The molecule has 3 N–H and O–H groups in total. The summed E-state index contributed by atoms with van der Waals surface area (Å²) in [7, 11) is 0. The van der Waals surface area contributed by atoms with Gasteiger partial charge in [0.2, 0.25) is 0 Å². The number of thiophene rings is 2. The Kier molecular flexibility index (Phi) is 7.21. The van der Waals surface area contributed by atoms with Gasteiger partial charge in [0.25, 0.3) is 0 Å². The van der Waals surface area contributed by atoms with Crippen LogP contribution in [0.2, 0.25) is 0 Å². The van der Waals surface area contributed by atoms with E-state index >= 15 is 0 Å². The molecule has 6 nitrogen and oxygen atoms in total. The normalized spacial score (nSPS) is 11.9. The topological polar surface area (TPSA) is 87.7 Å². The van der Waals surface area contributed by atoms with Crippen molar-refractivity contribution in [3.8, 4) is 0 Å². The van der Waals surface area contributed by atoms with Gasteiger partial charge in [-0.05, 0) is 33.8 Å². The van der Waals surface area contributed by atoms with Crippen molar-refractivity contribution in [1.29, 1.82) is 0 Å². The number of amides is 2. The fraction of sp³-hybridized carbons (Fsp3) is 0.333. The van der Waals surface area contributed by atoms with Gasteiger partial charge in [0.15, 0.2) is 0 Å². The van der Waals surface area contributed by atoms with E-state index in [2.05, 4.69) is 10.6 Å². The van der Waals surface area contributed by atoms with Crippen LogP contribution in [-0.4, -0.2) is 36.7 Å². The fourth-order valence-electron chi connectivity index (χ4n) is 1.85. The van der Waals surface area contributed by atoms with E-state index in [1.165, 1.54) is 22.7 Å². The third kappa shape index (κ3) is 5.76.